The lowest BCUT2D eigenvalue weighted by Crippen LogP contribution is -2.33. The molecule has 1 aliphatic carbocycles. The maximum Gasteiger partial charge on any atom is 0.246 e. The lowest BCUT2D eigenvalue weighted by Gasteiger charge is -2.12. The Morgan fingerprint density at radius 1 is 1.50 bits per heavy atom. The number of rotatable bonds is 6. The second-order valence-corrected chi connectivity index (χ2v) is 8.20. The summed E-state index contributed by atoms with van der Waals surface area (Å²) in [7, 11) is -3.57. The minimum atomic E-state index is -3.57. The van der Waals surface area contributed by atoms with Crippen molar-refractivity contribution < 1.29 is 8.42 Å². The molecule has 8 heteroatoms. The van der Waals surface area contributed by atoms with Crippen molar-refractivity contribution >= 4 is 27.6 Å². The molecule has 0 amide bonds. The van der Waals surface area contributed by atoms with Crippen LogP contribution in [-0.4, -0.2) is 35.2 Å². The molecule has 2 atom stereocenters. The average Bonchev–Trinajstić information content (AvgIpc) is 2.96. The van der Waals surface area contributed by atoms with Crippen LogP contribution in [0.15, 0.2) is 11.1 Å². The Hall–Kier alpha value is -0.730. The van der Waals surface area contributed by atoms with Crippen LogP contribution in [0.5, 0.6) is 0 Å². The van der Waals surface area contributed by atoms with Gasteiger partial charge in [0.2, 0.25) is 10.0 Å². The van der Waals surface area contributed by atoms with Crippen molar-refractivity contribution in [2.45, 2.75) is 55.8 Å². The Bertz CT molecular complexity index is 556. The van der Waals surface area contributed by atoms with Crippen LogP contribution in [-0.2, 0) is 16.6 Å². The van der Waals surface area contributed by atoms with Gasteiger partial charge in [-0.1, -0.05) is 6.92 Å². The SMILES string of the molecule is CCSC1CCC(NS(=O)(=O)c2cn(CC)nc2N)C1. The summed E-state index contributed by atoms with van der Waals surface area (Å²) in [6.45, 7) is 4.61. The molecule has 0 aromatic carbocycles. The molecule has 0 bridgehead atoms. The first kappa shape index (κ1) is 15.7. The fourth-order valence-electron chi connectivity index (χ4n) is 2.50. The van der Waals surface area contributed by atoms with Gasteiger partial charge in [0.05, 0.1) is 0 Å². The Kier molecular flexibility index (Phi) is 4.98. The van der Waals surface area contributed by atoms with Crippen LogP contribution >= 0.6 is 11.8 Å². The fraction of sp³-hybridized carbons (Fsp3) is 0.750. The maximum atomic E-state index is 12.4. The summed E-state index contributed by atoms with van der Waals surface area (Å²) in [6.07, 6.45) is 4.33. The normalized spacial score (nSPS) is 23.3. The summed E-state index contributed by atoms with van der Waals surface area (Å²) in [5.41, 5.74) is 5.70. The Morgan fingerprint density at radius 3 is 2.85 bits per heavy atom. The third kappa shape index (κ3) is 3.48. The van der Waals surface area contributed by atoms with Gasteiger partial charge in [-0.3, -0.25) is 4.68 Å². The van der Waals surface area contributed by atoms with Crippen molar-refractivity contribution in [1.29, 1.82) is 0 Å². The highest BCUT2D eigenvalue weighted by Crippen LogP contribution is 2.30. The molecular formula is C12H22N4O2S2. The Labute approximate surface area is 124 Å². The van der Waals surface area contributed by atoms with Crippen molar-refractivity contribution in [2.75, 3.05) is 11.5 Å². The Morgan fingerprint density at radius 2 is 2.25 bits per heavy atom. The molecular weight excluding hydrogens is 296 g/mol. The number of nitrogens with two attached hydrogens (primary N) is 1. The van der Waals surface area contributed by atoms with Crippen LogP contribution in [0.25, 0.3) is 0 Å². The molecule has 6 nitrogen and oxygen atoms in total. The van der Waals surface area contributed by atoms with Crippen molar-refractivity contribution in [3.8, 4) is 0 Å². The Balaban J connectivity index is 2.06. The molecule has 0 radical (unpaired) electrons. The van der Waals surface area contributed by atoms with Crippen molar-refractivity contribution in [3.63, 3.8) is 0 Å². The van der Waals surface area contributed by atoms with E-state index in [1.807, 2.05) is 18.7 Å². The molecule has 0 saturated heterocycles. The second kappa shape index (κ2) is 6.36. The van der Waals surface area contributed by atoms with Crippen LogP contribution in [0.2, 0.25) is 0 Å². The third-order valence-electron chi connectivity index (χ3n) is 3.48. The van der Waals surface area contributed by atoms with E-state index < -0.39 is 10.0 Å². The zero-order valence-corrected chi connectivity index (χ0v) is 13.5. The standard InChI is InChI=1S/C12H22N4O2S2/c1-3-16-8-11(12(13)14-16)20(17,18)15-9-5-6-10(7-9)19-4-2/h8-10,15H,3-7H2,1-2H3,(H2,13,14). The minimum Gasteiger partial charge on any atom is -0.381 e. The van der Waals surface area contributed by atoms with Crippen molar-refractivity contribution in [3.05, 3.63) is 6.20 Å². The number of nitrogens with one attached hydrogen (secondary N) is 1. The monoisotopic (exact) mass is 318 g/mol. The van der Waals surface area contributed by atoms with Gasteiger partial charge in [0.1, 0.15) is 4.90 Å². The van der Waals surface area contributed by atoms with E-state index >= 15 is 0 Å². The molecule has 2 unspecified atom stereocenters. The van der Waals surface area contributed by atoms with E-state index in [0.717, 1.165) is 25.0 Å². The van der Waals surface area contributed by atoms with Gasteiger partial charge in [-0.2, -0.15) is 16.9 Å². The molecule has 114 valence electrons. The number of nitrogens with zero attached hydrogens (tertiary/aromatic N) is 2. The number of anilines is 1. The summed E-state index contributed by atoms with van der Waals surface area (Å²) >= 11 is 1.90. The summed E-state index contributed by atoms with van der Waals surface area (Å²) in [5.74, 6) is 1.14. The van der Waals surface area contributed by atoms with Crippen molar-refractivity contribution in [1.82, 2.24) is 14.5 Å². The molecule has 1 fully saturated rings. The van der Waals surface area contributed by atoms with Gasteiger partial charge < -0.3 is 5.73 Å². The predicted octanol–water partition coefficient (Wildman–Crippen LogP) is 1.44. The quantitative estimate of drug-likeness (QED) is 0.828. The van der Waals surface area contributed by atoms with Crippen LogP contribution in [0.3, 0.4) is 0 Å². The molecule has 2 rings (SSSR count). The van der Waals surface area contributed by atoms with Crippen LogP contribution in [0, 0.1) is 0 Å². The van der Waals surface area contributed by atoms with E-state index in [1.165, 1.54) is 10.9 Å². The number of sulfonamides is 1. The minimum absolute atomic E-state index is 0.00780. The fourth-order valence-corrected chi connectivity index (χ4v) is 5.00. The number of aromatic nitrogens is 2. The van der Waals surface area contributed by atoms with E-state index in [1.54, 1.807) is 0 Å². The van der Waals surface area contributed by atoms with Crippen LogP contribution in [0.4, 0.5) is 5.82 Å². The largest absolute Gasteiger partial charge is 0.381 e. The summed E-state index contributed by atoms with van der Waals surface area (Å²) in [6, 6.07) is 0.00780. The highest BCUT2D eigenvalue weighted by molar-refractivity contribution is 7.99. The highest BCUT2D eigenvalue weighted by atomic mass is 32.2. The first-order valence-corrected chi connectivity index (χ1v) is 9.46. The third-order valence-corrected chi connectivity index (χ3v) is 6.25. The lowest BCUT2D eigenvalue weighted by atomic mass is 10.3. The molecule has 0 aliphatic heterocycles. The van der Waals surface area contributed by atoms with Crippen LogP contribution < -0.4 is 10.5 Å². The molecule has 3 N–H and O–H groups in total. The summed E-state index contributed by atoms with van der Waals surface area (Å²) in [4.78, 5) is 0.0888. The first-order valence-electron chi connectivity index (χ1n) is 6.93. The zero-order chi connectivity index (χ0) is 14.8. The second-order valence-electron chi connectivity index (χ2n) is 4.94. The summed E-state index contributed by atoms with van der Waals surface area (Å²) < 4.78 is 29.0. The molecule has 1 aromatic heterocycles. The van der Waals surface area contributed by atoms with Gasteiger partial charge in [-0.05, 0) is 31.9 Å². The maximum absolute atomic E-state index is 12.4. The van der Waals surface area contributed by atoms with Crippen molar-refractivity contribution in [2.24, 2.45) is 0 Å². The van der Waals surface area contributed by atoms with Gasteiger partial charge >= 0.3 is 0 Å². The van der Waals surface area contributed by atoms with Crippen LogP contribution in [0.1, 0.15) is 33.1 Å². The van der Waals surface area contributed by atoms with E-state index in [9.17, 15) is 8.42 Å². The molecule has 1 aromatic rings. The number of nitrogen functional groups attached to an aromatic ring is 1. The molecule has 1 heterocycles. The predicted molar refractivity (Wildman–Crippen MR) is 82.2 cm³/mol. The number of aryl methyl sites for hydroxylation is 1. The van der Waals surface area contributed by atoms with E-state index in [4.69, 9.17) is 5.73 Å². The van der Waals surface area contributed by atoms with Gasteiger partial charge in [0.25, 0.3) is 0 Å². The van der Waals surface area contributed by atoms with E-state index in [0.29, 0.717) is 11.8 Å². The van der Waals surface area contributed by atoms with Gasteiger partial charge in [-0.15, -0.1) is 0 Å². The molecule has 1 saturated carbocycles. The first-order chi connectivity index (χ1) is 9.46. The van der Waals surface area contributed by atoms with Gasteiger partial charge in [0.15, 0.2) is 5.82 Å². The number of hydrogen-bond acceptors (Lipinski definition) is 5. The highest BCUT2D eigenvalue weighted by Gasteiger charge is 2.30. The smallest absolute Gasteiger partial charge is 0.246 e. The number of hydrogen-bond donors (Lipinski definition) is 2. The van der Waals surface area contributed by atoms with E-state index in [-0.39, 0.29) is 16.8 Å². The summed E-state index contributed by atoms with van der Waals surface area (Å²) in [5, 5.41) is 4.54. The average molecular weight is 318 g/mol. The molecule has 0 spiro atoms. The molecule has 20 heavy (non-hydrogen) atoms. The lowest BCUT2D eigenvalue weighted by molar-refractivity contribution is 0.552. The van der Waals surface area contributed by atoms with Gasteiger partial charge in [-0.25, -0.2) is 13.1 Å². The molecule has 1 aliphatic rings. The van der Waals surface area contributed by atoms with Gasteiger partial charge in [0, 0.05) is 24.0 Å². The zero-order valence-electron chi connectivity index (χ0n) is 11.9. The topological polar surface area (TPSA) is 90.0 Å². The number of thioether (sulfide) groups is 1. The van der Waals surface area contributed by atoms with E-state index in [2.05, 4.69) is 16.7 Å².